The lowest BCUT2D eigenvalue weighted by atomic mass is 10.0. The number of pyridine rings is 1. The van der Waals surface area contributed by atoms with Crippen LogP contribution in [0.3, 0.4) is 0 Å². The number of nitrogens with zero attached hydrogens (tertiary/aromatic N) is 2. The van der Waals surface area contributed by atoms with Gasteiger partial charge in [-0.3, -0.25) is 14.7 Å². The highest BCUT2D eigenvalue weighted by molar-refractivity contribution is 5.92. The van der Waals surface area contributed by atoms with Gasteiger partial charge >= 0.3 is 0 Å². The fourth-order valence-corrected chi connectivity index (χ4v) is 3.99. The first-order valence-corrected chi connectivity index (χ1v) is 9.67. The Hall–Kier alpha value is -2.92. The van der Waals surface area contributed by atoms with Crippen molar-refractivity contribution in [1.29, 1.82) is 0 Å². The maximum Gasteiger partial charge on any atom is 0.221 e. The van der Waals surface area contributed by atoms with Crippen LogP contribution in [-0.4, -0.2) is 29.4 Å². The third-order valence-electron chi connectivity index (χ3n) is 5.27. The molecule has 2 heterocycles. The van der Waals surface area contributed by atoms with Crippen LogP contribution in [0.5, 0.6) is 5.75 Å². The Morgan fingerprint density at radius 3 is 2.93 bits per heavy atom. The molecule has 1 saturated heterocycles. The van der Waals surface area contributed by atoms with Crippen molar-refractivity contribution < 1.29 is 9.53 Å². The van der Waals surface area contributed by atoms with Crippen molar-refractivity contribution in [2.45, 2.75) is 32.4 Å². The first-order chi connectivity index (χ1) is 13.6. The molecule has 1 aliphatic rings. The van der Waals surface area contributed by atoms with Gasteiger partial charge in [0.15, 0.2) is 0 Å². The summed E-state index contributed by atoms with van der Waals surface area (Å²) in [5, 5.41) is 3.85. The zero-order valence-electron chi connectivity index (χ0n) is 16.3. The van der Waals surface area contributed by atoms with E-state index in [1.54, 1.807) is 7.11 Å². The van der Waals surface area contributed by atoms with E-state index in [0.29, 0.717) is 6.04 Å². The van der Waals surface area contributed by atoms with Crippen LogP contribution in [0.2, 0.25) is 0 Å². The molecule has 0 spiro atoms. The molecule has 5 heteroatoms. The summed E-state index contributed by atoms with van der Waals surface area (Å²) in [5.74, 6) is 0.838. The predicted molar refractivity (Wildman–Crippen MR) is 111 cm³/mol. The molecule has 2 aromatic carbocycles. The Labute approximate surface area is 165 Å². The van der Waals surface area contributed by atoms with Gasteiger partial charge in [0.25, 0.3) is 0 Å². The Balaban J connectivity index is 1.54. The molecule has 1 aliphatic heterocycles. The number of amides is 1. The van der Waals surface area contributed by atoms with Crippen LogP contribution >= 0.6 is 0 Å². The van der Waals surface area contributed by atoms with E-state index in [1.165, 1.54) is 18.9 Å². The van der Waals surface area contributed by atoms with Gasteiger partial charge in [0.05, 0.1) is 18.3 Å². The Morgan fingerprint density at radius 1 is 1.21 bits per heavy atom. The van der Waals surface area contributed by atoms with Crippen molar-refractivity contribution in [3.05, 3.63) is 65.9 Å². The number of fused-ring (bicyclic) bond motifs is 1. The number of carbonyl (C=O) groups is 1. The van der Waals surface area contributed by atoms with Crippen molar-refractivity contribution in [2.75, 3.05) is 19.0 Å². The molecule has 1 amide bonds. The Bertz CT molecular complexity index is 1000. The number of hydrogen-bond acceptors (Lipinski definition) is 4. The molecular formula is C23H25N3O2. The highest BCUT2D eigenvalue weighted by Crippen LogP contribution is 2.34. The first-order valence-electron chi connectivity index (χ1n) is 9.67. The molecular weight excluding hydrogens is 350 g/mol. The summed E-state index contributed by atoms with van der Waals surface area (Å²) in [4.78, 5) is 18.6. The number of nitrogens with one attached hydrogen (secondary N) is 1. The first kappa shape index (κ1) is 18.4. The van der Waals surface area contributed by atoms with E-state index < -0.39 is 0 Å². The Kier molecular flexibility index (Phi) is 5.26. The second-order valence-corrected chi connectivity index (χ2v) is 7.30. The number of methoxy groups -OCH3 is 1. The smallest absolute Gasteiger partial charge is 0.221 e. The van der Waals surface area contributed by atoms with E-state index in [0.717, 1.165) is 47.5 Å². The average molecular weight is 375 g/mol. The lowest BCUT2D eigenvalue weighted by Gasteiger charge is -2.25. The second kappa shape index (κ2) is 7.98. The molecule has 1 atom stereocenters. The molecule has 0 aliphatic carbocycles. The summed E-state index contributed by atoms with van der Waals surface area (Å²) in [5.41, 5.74) is 4.11. The van der Waals surface area contributed by atoms with Crippen molar-refractivity contribution in [1.82, 2.24) is 9.88 Å². The normalized spacial score (nSPS) is 17.0. The summed E-state index contributed by atoms with van der Waals surface area (Å²) in [6.45, 7) is 3.41. The molecule has 1 fully saturated rings. The molecule has 5 nitrogen and oxygen atoms in total. The lowest BCUT2D eigenvalue weighted by molar-refractivity contribution is -0.114. The average Bonchev–Trinajstić information content (AvgIpc) is 3.16. The van der Waals surface area contributed by atoms with Crippen LogP contribution in [0.25, 0.3) is 10.9 Å². The van der Waals surface area contributed by atoms with Gasteiger partial charge in [-0.05, 0) is 61.3 Å². The van der Waals surface area contributed by atoms with Gasteiger partial charge in [0, 0.05) is 30.6 Å². The summed E-state index contributed by atoms with van der Waals surface area (Å²) in [7, 11) is 1.71. The summed E-state index contributed by atoms with van der Waals surface area (Å²) in [6.07, 6.45) is 2.34. The van der Waals surface area contributed by atoms with Crippen molar-refractivity contribution >= 4 is 22.5 Å². The van der Waals surface area contributed by atoms with Crippen molar-refractivity contribution in [3.8, 4) is 5.75 Å². The van der Waals surface area contributed by atoms with Crippen LogP contribution in [0.4, 0.5) is 5.69 Å². The maximum atomic E-state index is 11.2. The third kappa shape index (κ3) is 3.99. The highest BCUT2D eigenvalue weighted by Gasteiger charge is 2.26. The van der Waals surface area contributed by atoms with Gasteiger partial charge in [-0.25, -0.2) is 0 Å². The molecule has 0 radical (unpaired) electrons. The number of likely N-dealkylation sites (tertiary alicyclic amines) is 1. The molecule has 1 N–H and O–H groups in total. The largest absolute Gasteiger partial charge is 0.497 e. The van der Waals surface area contributed by atoms with Gasteiger partial charge in [-0.15, -0.1) is 0 Å². The minimum absolute atomic E-state index is 0.0680. The topological polar surface area (TPSA) is 54.5 Å². The van der Waals surface area contributed by atoms with E-state index in [4.69, 9.17) is 9.72 Å². The minimum atomic E-state index is -0.0680. The highest BCUT2D eigenvalue weighted by atomic mass is 16.5. The van der Waals surface area contributed by atoms with Gasteiger partial charge in [-0.1, -0.05) is 18.2 Å². The molecule has 144 valence electrons. The van der Waals surface area contributed by atoms with Gasteiger partial charge in [0.1, 0.15) is 5.75 Å². The van der Waals surface area contributed by atoms with Crippen LogP contribution in [0.15, 0.2) is 54.6 Å². The van der Waals surface area contributed by atoms with Crippen LogP contribution in [0.1, 0.15) is 37.1 Å². The van der Waals surface area contributed by atoms with Crippen molar-refractivity contribution in [3.63, 3.8) is 0 Å². The summed E-state index contributed by atoms with van der Waals surface area (Å²) in [6, 6.07) is 18.8. The quantitative estimate of drug-likeness (QED) is 0.711. The number of benzene rings is 2. The molecule has 1 aromatic heterocycles. The fraction of sp³-hybridized carbons (Fsp3) is 0.304. The molecule has 4 rings (SSSR count). The lowest BCUT2D eigenvalue weighted by Crippen LogP contribution is -2.23. The third-order valence-corrected chi connectivity index (χ3v) is 5.27. The van der Waals surface area contributed by atoms with E-state index >= 15 is 0 Å². The number of hydrogen-bond donors (Lipinski definition) is 1. The standard InChI is InChI=1S/C23H25N3O2/c1-16(27)24-19-10-11-22-17(13-19)8-9-20(25-22)15-26-12-4-7-23(26)18-5-3-6-21(14-18)28-2/h3,5-6,8-11,13-14,23H,4,7,12,15H2,1-2H3,(H,24,27)/t23-/m0/s1. The monoisotopic (exact) mass is 375 g/mol. The molecule has 28 heavy (non-hydrogen) atoms. The number of aromatic nitrogens is 1. The van der Waals surface area contributed by atoms with Crippen molar-refractivity contribution in [2.24, 2.45) is 0 Å². The van der Waals surface area contributed by atoms with E-state index in [9.17, 15) is 4.79 Å². The van der Waals surface area contributed by atoms with Crippen LogP contribution in [-0.2, 0) is 11.3 Å². The van der Waals surface area contributed by atoms with Gasteiger partial charge in [-0.2, -0.15) is 0 Å². The molecule has 0 saturated carbocycles. The van der Waals surface area contributed by atoms with Crippen LogP contribution < -0.4 is 10.1 Å². The Morgan fingerprint density at radius 2 is 2.11 bits per heavy atom. The van der Waals surface area contributed by atoms with E-state index in [1.807, 2.05) is 24.3 Å². The minimum Gasteiger partial charge on any atom is -0.497 e. The molecule has 3 aromatic rings. The van der Waals surface area contributed by atoms with Crippen LogP contribution in [0, 0.1) is 0 Å². The van der Waals surface area contributed by atoms with Gasteiger partial charge < -0.3 is 10.1 Å². The predicted octanol–water partition coefficient (Wildman–Crippen LogP) is 4.54. The zero-order chi connectivity index (χ0) is 19.5. The van der Waals surface area contributed by atoms with Gasteiger partial charge in [0.2, 0.25) is 5.91 Å². The number of anilines is 1. The fourth-order valence-electron chi connectivity index (χ4n) is 3.99. The molecule has 0 unspecified atom stereocenters. The number of ether oxygens (including phenoxy) is 1. The number of rotatable bonds is 5. The molecule has 0 bridgehead atoms. The SMILES string of the molecule is COc1cccc([C@@H]2CCCN2Cc2ccc3cc(NC(C)=O)ccc3n2)c1. The number of carbonyl (C=O) groups excluding carboxylic acids is 1. The van der Waals surface area contributed by atoms with E-state index in [-0.39, 0.29) is 5.91 Å². The summed E-state index contributed by atoms with van der Waals surface area (Å²) < 4.78 is 5.39. The maximum absolute atomic E-state index is 11.2. The second-order valence-electron chi connectivity index (χ2n) is 7.30. The zero-order valence-corrected chi connectivity index (χ0v) is 16.3. The van der Waals surface area contributed by atoms with E-state index in [2.05, 4.69) is 40.5 Å². The summed E-state index contributed by atoms with van der Waals surface area (Å²) >= 11 is 0.